The Morgan fingerprint density at radius 1 is 0.862 bits per heavy atom. The topological polar surface area (TPSA) is 35.5 Å². The van der Waals surface area contributed by atoms with Gasteiger partial charge in [0.25, 0.3) is 0 Å². The molecule has 0 aromatic heterocycles. The Labute approximate surface area is 184 Å². The molecule has 0 atom stereocenters. The first-order chi connectivity index (χ1) is 14.1. The molecule has 150 valence electrons. The number of carbonyl (C=O) groups excluding carboxylic acids is 1. The zero-order valence-corrected chi connectivity index (χ0v) is 18.1. The van der Waals surface area contributed by atoms with Crippen LogP contribution >= 0.6 is 22.6 Å². The molecule has 0 aliphatic heterocycles. The van der Waals surface area contributed by atoms with E-state index in [1.54, 1.807) is 24.3 Å². The number of benzene rings is 3. The zero-order valence-electron chi connectivity index (χ0n) is 15.9. The summed E-state index contributed by atoms with van der Waals surface area (Å²) in [5.41, 5.74) is 2.12. The van der Waals surface area contributed by atoms with E-state index in [1.807, 2.05) is 30.3 Å². The van der Waals surface area contributed by atoms with Gasteiger partial charge in [-0.05, 0) is 89.4 Å². The maximum Gasteiger partial charge on any atom is 0.311 e. The molecule has 0 heterocycles. The van der Waals surface area contributed by atoms with Crippen molar-refractivity contribution >= 4 is 28.6 Å². The quantitative estimate of drug-likeness (QED) is 0.148. The maximum absolute atomic E-state index is 12.9. The van der Waals surface area contributed by atoms with Crippen molar-refractivity contribution in [2.45, 2.75) is 32.3 Å². The Hall–Kier alpha value is -2.41. The number of para-hydroxylation sites is 2. The second-order valence-electron chi connectivity index (χ2n) is 6.67. The predicted molar refractivity (Wildman–Crippen MR) is 120 cm³/mol. The number of ether oxygens (including phenoxy) is 2. The first kappa shape index (κ1) is 21.3. The summed E-state index contributed by atoms with van der Waals surface area (Å²) in [7, 11) is 0. The van der Waals surface area contributed by atoms with Gasteiger partial charge in [-0.1, -0.05) is 36.4 Å². The molecule has 0 fully saturated rings. The van der Waals surface area contributed by atoms with Crippen molar-refractivity contribution in [3.63, 3.8) is 0 Å². The smallest absolute Gasteiger partial charge is 0.311 e. The van der Waals surface area contributed by atoms with Crippen molar-refractivity contribution in [2.75, 3.05) is 0 Å². The molecule has 0 saturated carbocycles. The summed E-state index contributed by atoms with van der Waals surface area (Å²) in [6, 6.07) is 21.7. The summed E-state index contributed by atoms with van der Waals surface area (Å²) >= 11 is 2.26. The van der Waals surface area contributed by atoms with Gasteiger partial charge in [0.1, 0.15) is 12.4 Å². The fourth-order valence-electron chi connectivity index (χ4n) is 2.86. The monoisotopic (exact) mass is 504 g/mol. The number of hydrogen-bond donors (Lipinski definition) is 0. The van der Waals surface area contributed by atoms with Crippen LogP contribution in [0.3, 0.4) is 0 Å². The minimum atomic E-state index is -0.283. The highest BCUT2D eigenvalue weighted by molar-refractivity contribution is 14.1. The summed E-state index contributed by atoms with van der Waals surface area (Å²) < 4.78 is 25.4. The first-order valence-electron chi connectivity index (χ1n) is 9.51. The molecule has 29 heavy (non-hydrogen) atoms. The molecule has 3 aromatic carbocycles. The molecule has 0 radical (unpaired) electrons. The van der Waals surface area contributed by atoms with E-state index in [2.05, 4.69) is 28.7 Å². The molecular formula is C24H22FIO3. The van der Waals surface area contributed by atoms with Gasteiger partial charge >= 0.3 is 5.97 Å². The first-order valence-corrected chi connectivity index (χ1v) is 10.6. The summed E-state index contributed by atoms with van der Waals surface area (Å²) in [5.74, 6) is 0.460. The average molecular weight is 504 g/mol. The standard InChI is InChI=1S/C24H22FIO3/c25-20-14-12-18(13-15-20)6-1-4-11-24(27)29-23-10-3-2-9-22(23)28-17-19-7-5-8-21(26)16-19/h2-3,5,7-10,12-16H,1,4,6,11,17H2. The molecule has 0 aliphatic carbocycles. The lowest BCUT2D eigenvalue weighted by Crippen LogP contribution is -2.09. The molecule has 0 saturated heterocycles. The average Bonchev–Trinajstić information content (AvgIpc) is 2.72. The maximum atomic E-state index is 12.9. The Morgan fingerprint density at radius 2 is 1.62 bits per heavy atom. The normalized spacial score (nSPS) is 10.6. The van der Waals surface area contributed by atoms with Gasteiger partial charge in [-0.15, -0.1) is 0 Å². The lowest BCUT2D eigenvalue weighted by molar-refractivity contribution is -0.134. The lowest BCUT2D eigenvalue weighted by atomic mass is 10.1. The SMILES string of the molecule is O=C(CCCCc1ccc(F)cc1)Oc1ccccc1OCc1cccc(I)c1. The van der Waals surface area contributed by atoms with Gasteiger partial charge in [-0.2, -0.15) is 0 Å². The van der Waals surface area contributed by atoms with Crippen molar-refractivity contribution in [3.05, 3.63) is 93.3 Å². The van der Waals surface area contributed by atoms with E-state index in [-0.39, 0.29) is 11.8 Å². The molecule has 0 unspecified atom stereocenters. The highest BCUT2D eigenvalue weighted by Gasteiger charge is 2.10. The summed E-state index contributed by atoms with van der Waals surface area (Å²) in [4.78, 5) is 12.2. The zero-order chi connectivity index (χ0) is 20.5. The number of halogens is 2. The van der Waals surface area contributed by atoms with Gasteiger partial charge in [-0.25, -0.2) is 4.39 Å². The van der Waals surface area contributed by atoms with Crippen LogP contribution in [0.1, 0.15) is 30.4 Å². The second kappa shape index (κ2) is 11.0. The van der Waals surface area contributed by atoms with E-state index < -0.39 is 0 Å². The van der Waals surface area contributed by atoms with E-state index in [1.165, 1.54) is 12.1 Å². The van der Waals surface area contributed by atoms with E-state index in [4.69, 9.17) is 9.47 Å². The molecule has 3 aromatic rings. The van der Waals surface area contributed by atoms with Crippen molar-refractivity contribution in [1.29, 1.82) is 0 Å². The van der Waals surface area contributed by atoms with Crippen LogP contribution in [0.25, 0.3) is 0 Å². The molecule has 0 N–H and O–H groups in total. The minimum Gasteiger partial charge on any atom is -0.485 e. The van der Waals surface area contributed by atoms with Crippen molar-refractivity contribution in [1.82, 2.24) is 0 Å². The van der Waals surface area contributed by atoms with E-state index in [0.29, 0.717) is 30.9 Å². The third kappa shape index (κ3) is 7.16. The fraction of sp³-hybridized carbons (Fsp3) is 0.208. The molecular weight excluding hydrogens is 482 g/mol. The Balaban J connectivity index is 1.46. The highest BCUT2D eigenvalue weighted by atomic mass is 127. The van der Waals surface area contributed by atoms with Crippen LogP contribution in [-0.4, -0.2) is 5.97 Å². The van der Waals surface area contributed by atoms with Gasteiger partial charge in [0.15, 0.2) is 11.5 Å². The van der Waals surface area contributed by atoms with Crippen LogP contribution in [0.5, 0.6) is 11.5 Å². The minimum absolute atomic E-state index is 0.236. The Kier molecular flexibility index (Phi) is 8.04. The third-order valence-electron chi connectivity index (χ3n) is 4.37. The van der Waals surface area contributed by atoms with Crippen LogP contribution in [0.15, 0.2) is 72.8 Å². The van der Waals surface area contributed by atoms with Crippen LogP contribution in [-0.2, 0) is 17.8 Å². The second-order valence-corrected chi connectivity index (χ2v) is 7.92. The van der Waals surface area contributed by atoms with Crippen molar-refractivity contribution in [3.8, 4) is 11.5 Å². The number of unbranched alkanes of at least 4 members (excludes halogenated alkanes) is 1. The van der Waals surface area contributed by atoms with Crippen LogP contribution < -0.4 is 9.47 Å². The lowest BCUT2D eigenvalue weighted by Gasteiger charge is -2.12. The third-order valence-corrected chi connectivity index (χ3v) is 5.04. The molecule has 0 amide bonds. The summed E-state index contributed by atoms with van der Waals surface area (Å²) in [6.07, 6.45) is 2.68. The molecule has 5 heteroatoms. The molecule has 3 nitrogen and oxygen atoms in total. The molecule has 0 aliphatic rings. The van der Waals surface area contributed by atoms with Crippen molar-refractivity contribution in [2.24, 2.45) is 0 Å². The van der Waals surface area contributed by atoms with Gasteiger partial charge in [-0.3, -0.25) is 4.79 Å². The Bertz CT molecular complexity index is 941. The van der Waals surface area contributed by atoms with E-state index in [9.17, 15) is 9.18 Å². The fourth-order valence-corrected chi connectivity index (χ4v) is 3.47. The largest absolute Gasteiger partial charge is 0.485 e. The molecule has 0 spiro atoms. The predicted octanol–water partition coefficient (Wildman–Crippen LogP) is 6.33. The van der Waals surface area contributed by atoms with Crippen LogP contribution in [0, 0.1) is 9.39 Å². The number of aryl methyl sites for hydroxylation is 1. The molecule has 0 bridgehead atoms. The van der Waals surface area contributed by atoms with Gasteiger partial charge < -0.3 is 9.47 Å². The van der Waals surface area contributed by atoms with Crippen LogP contribution in [0.2, 0.25) is 0 Å². The van der Waals surface area contributed by atoms with Gasteiger partial charge in [0.05, 0.1) is 0 Å². The van der Waals surface area contributed by atoms with E-state index >= 15 is 0 Å². The number of rotatable bonds is 9. The summed E-state index contributed by atoms with van der Waals surface area (Å²) in [6.45, 7) is 0.406. The highest BCUT2D eigenvalue weighted by Crippen LogP contribution is 2.28. The van der Waals surface area contributed by atoms with Gasteiger partial charge in [0, 0.05) is 9.99 Å². The number of hydrogen-bond acceptors (Lipinski definition) is 3. The van der Waals surface area contributed by atoms with E-state index in [0.717, 1.165) is 27.5 Å². The summed E-state index contributed by atoms with van der Waals surface area (Å²) in [5, 5.41) is 0. The Morgan fingerprint density at radius 3 is 2.38 bits per heavy atom. The molecule has 3 rings (SSSR count). The van der Waals surface area contributed by atoms with Crippen molar-refractivity contribution < 1.29 is 18.7 Å². The van der Waals surface area contributed by atoms with Gasteiger partial charge in [0.2, 0.25) is 0 Å². The number of carbonyl (C=O) groups is 1. The van der Waals surface area contributed by atoms with Crippen LogP contribution in [0.4, 0.5) is 4.39 Å². The number of esters is 1.